The molecular weight excluding hydrogens is 474 g/mol. The van der Waals surface area contributed by atoms with Crippen molar-refractivity contribution in [3.8, 4) is 11.5 Å². The van der Waals surface area contributed by atoms with Gasteiger partial charge in [0.1, 0.15) is 16.4 Å². The maximum absolute atomic E-state index is 13.0. The monoisotopic (exact) mass is 491 g/mol. The second-order valence-corrected chi connectivity index (χ2v) is 8.52. The number of methoxy groups -OCH3 is 2. The van der Waals surface area contributed by atoms with Crippen LogP contribution in [0.4, 0.5) is 11.4 Å². The van der Waals surface area contributed by atoms with Crippen LogP contribution in [-0.4, -0.2) is 33.5 Å². The summed E-state index contributed by atoms with van der Waals surface area (Å²) in [7, 11) is -1.13. The molecule has 3 rings (SSSR count). The molecule has 0 atom stereocenters. The van der Waals surface area contributed by atoms with Crippen LogP contribution in [0.25, 0.3) is 0 Å². The topological polar surface area (TPSA) is 107 Å². The minimum Gasteiger partial charge on any atom is -0.496 e. The van der Waals surface area contributed by atoms with Crippen molar-refractivity contribution in [1.29, 1.82) is 0 Å². The normalized spacial score (nSPS) is 10.9. The summed E-state index contributed by atoms with van der Waals surface area (Å²) in [6.45, 7) is 0. The number of hydrogen-bond acceptors (Lipinski definition) is 6. The molecule has 0 fully saturated rings. The molecule has 3 aromatic rings. The first-order valence-electron chi connectivity index (χ1n) is 8.60. The fraction of sp³-hybridized carbons (Fsp3) is 0.100. The number of pyridine rings is 1. The first-order chi connectivity index (χ1) is 14.3. The average Bonchev–Trinajstić information content (AvgIpc) is 2.74. The summed E-state index contributed by atoms with van der Waals surface area (Å²) < 4.78 is 39.4. The highest BCUT2D eigenvalue weighted by Crippen LogP contribution is 2.32. The Hall–Kier alpha value is -3.11. The number of nitrogens with zero attached hydrogens (tertiary/aromatic N) is 1. The number of benzene rings is 2. The van der Waals surface area contributed by atoms with Gasteiger partial charge >= 0.3 is 0 Å². The summed E-state index contributed by atoms with van der Waals surface area (Å²) in [4.78, 5) is 16.1. The third kappa shape index (κ3) is 4.89. The molecule has 0 bridgehead atoms. The molecule has 1 amide bonds. The maximum atomic E-state index is 13.0. The number of carbonyl (C=O) groups excluding carboxylic acids is 1. The number of hydrogen-bond donors (Lipinski definition) is 2. The summed E-state index contributed by atoms with van der Waals surface area (Å²) >= 11 is 3.32. The van der Waals surface area contributed by atoms with Crippen molar-refractivity contribution in [3.05, 3.63) is 71.0 Å². The van der Waals surface area contributed by atoms with Crippen molar-refractivity contribution in [2.24, 2.45) is 0 Å². The van der Waals surface area contributed by atoms with Crippen LogP contribution in [0.3, 0.4) is 0 Å². The van der Waals surface area contributed by atoms with E-state index < -0.39 is 15.9 Å². The number of amides is 1. The minimum atomic E-state index is -4.02. The summed E-state index contributed by atoms with van der Waals surface area (Å²) in [5.41, 5.74) is 0.967. The van der Waals surface area contributed by atoms with Gasteiger partial charge in [0.15, 0.2) is 0 Å². The van der Waals surface area contributed by atoms with Crippen molar-refractivity contribution in [3.63, 3.8) is 0 Å². The van der Waals surface area contributed by atoms with Crippen LogP contribution < -0.4 is 19.5 Å². The lowest BCUT2D eigenvalue weighted by atomic mass is 10.2. The Labute approximate surface area is 182 Å². The van der Waals surface area contributed by atoms with Gasteiger partial charge in [0.2, 0.25) is 0 Å². The van der Waals surface area contributed by atoms with Gasteiger partial charge in [0.05, 0.1) is 29.9 Å². The number of rotatable bonds is 7. The number of ether oxygens (including phenoxy) is 2. The van der Waals surface area contributed by atoms with Gasteiger partial charge in [-0.2, -0.15) is 0 Å². The van der Waals surface area contributed by atoms with E-state index >= 15 is 0 Å². The molecule has 2 aromatic carbocycles. The van der Waals surface area contributed by atoms with E-state index in [1.54, 1.807) is 42.6 Å². The van der Waals surface area contributed by atoms with Crippen LogP contribution in [0.1, 0.15) is 10.4 Å². The van der Waals surface area contributed by atoms with Crippen molar-refractivity contribution in [1.82, 2.24) is 4.98 Å². The average molecular weight is 492 g/mol. The predicted molar refractivity (Wildman–Crippen MR) is 117 cm³/mol. The van der Waals surface area contributed by atoms with Gasteiger partial charge in [-0.25, -0.2) is 8.42 Å². The van der Waals surface area contributed by atoms with Crippen molar-refractivity contribution >= 4 is 43.2 Å². The standard InChI is InChI=1S/C20H18BrN3O5S/c1-28-17-7-6-15(10-16(17)21)24-30(26,27)19-11-14(5-8-18(19)29-2)23-20(25)13-4-3-9-22-12-13/h3-12,24H,1-2H3,(H,23,25). The van der Waals surface area contributed by atoms with Crippen LogP contribution in [0, 0.1) is 0 Å². The van der Waals surface area contributed by atoms with Gasteiger partial charge in [0, 0.05) is 18.1 Å². The fourth-order valence-electron chi connectivity index (χ4n) is 2.60. The zero-order chi connectivity index (χ0) is 21.7. The molecule has 2 N–H and O–H groups in total. The van der Waals surface area contributed by atoms with E-state index in [1.807, 2.05) is 0 Å². The van der Waals surface area contributed by atoms with Gasteiger partial charge in [-0.3, -0.25) is 14.5 Å². The fourth-order valence-corrected chi connectivity index (χ4v) is 4.39. The first kappa shape index (κ1) is 21.6. The Morgan fingerprint density at radius 1 is 1.00 bits per heavy atom. The number of aromatic nitrogens is 1. The highest BCUT2D eigenvalue weighted by atomic mass is 79.9. The molecule has 0 saturated heterocycles. The van der Waals surface area contributed by atoms with Crippen molar-refractivity contribution in [2.75, 3.05) is 24.3 Å². The van der Waals surface area contributed by atoms with Crippen LogP contribution in [-0.2, 0) is 10.0 Å². The quantitative estimate of drug-likeness (QED) is 0.518. The van der Waals surface area contributed by atoms with E-state index in [0.29, 0.717) is 27.2 Å². The molecule has 0 aliphatic carbocycles. The number of carbonyl (C=O) groups is 1. The van der Waals surface area contributed by atoms with E-state index in [4.69, 9.17) is 9.47 Å². The predicted octanol–water partition coefficient (Wildman–Crippen LogP) is 3.91. The van der Waals surface area contributed by atoms with Crippen LogP contribution in [0.5, 0.6) is 11.5 Å². The Bertz CT molecular complexity index is 1170. The molecule has 10 heteroatoms. The zero-order valence-electron chi connectivity index (χ0n) is 16.0. The molecule has 8 nitrogen and oxygen atoms in total. The molecule has 0 unspecified atom stereocenters. The van der Waals surface area contributed by atoms with E-state index in [9.17, 15) is 13.2 Å². The van der Waals surface area contributed by atoms with Crippen LogP contribution in [0.2, 0.25) is 0 Å². The van der Waals surface area contributed by atoms with Crippen molar-refractivity contribution in [2.45, 2.75) is 4.90 Å². The molecular formula is C20H18BrN3O5S. The van der Waals surface area contributed by atoms with Gasteiger partial charge in [-0.1, -0.05) is 0 Å². The minimum absolute atomic E-state index is 0.124. The Balaban J connectivity index is 1.90. The molecule has 0 radical (unpaired) electrons. The van der Waals surface area contributed by atoms with Crippen LogP contribution in [0.15, 0.2) is 70.3 Å². The third-order valence-corrected chi connectivity index (χ3v) is 6.06. The maximum Gasteiger partial charge on any atom is 0.265 e. The van der Waals surface area contributed by atoms with E-state index in [0.717, 1.165) is 0 Å². The molecule has 0 saturated carbocycles. The van der Waals surface area contributed by atoms with Gasteiger partial charge in [-0.15, -0.1) is 0 Å². The van der Waals surface area contributed by atoms with E-state index in [1.165, 1.54) is 32.5 Å². The van der Waals surface area contributed by atoms with E-state index in [-0.39, 0.29) is 10.6 Å². The second-order valence-electron chi connectivity index (χ2n) is 6.02. The summed E-state index contributed by atoms with van der Waals surface area (Å²) in [6, 6.07) is 12.4. The lowest BCUT2D eigenvalue weighted by Crippen LogP contribution is -2.16. The lowest BCUT2D eigenvalue weighted by Gasteiger charge is -2.14. The SMILES string of the molecule is COc1ccc(NS(=O)(=O)c2cc(NC(=O)c3cccnc3)ccc2OC)cc1Br. The van der Waals surface area contributed by atoms with Crippen molar-refractivity contribution < 1.29 is 22.7 Å². The molecule has 156 valence electrons. The number of anilines is 2. The molecule has 0 spiro atoms. The molecule has 30 heavy (non-hydrogen) atoms. The second kappa shape index (κ2) is 9.14. The van der Waals surface area contributed by atoms with Gasteiger partial charge in [0.25, 0.3) is 15.9 Å². The molecule has 1 aromatic heterocycles. The van der Waals surface area contributed by atoms with Crippen LogP contribution >= 0.6 is 15.9 Å². The highest BCUT2D eigenvalue weighted by Gasteiger charge is 2.21. The first-order valence-corrected chi connectivity index (χ1v) is 10.9. The Morgan fingerprint density at radius 3 is 2.33 bits per heavy atom. The largest absolute Gasteiger partial charge is 0.496 e. The molecule has 0 aliphatic rings. The van der Waals surface area contributed by atoms with E-state index in [2.05, 4.69) is 31.0 Å². The number of halogens is 1. The summed E-state index contributed by atoms with van der Waals surface area (Å²) in [5, 5.41) is 2.66. The summed E-state index contributed by atoms with van der Waals surface area (Å²) in [6.07, 6.45) is 2.97. The number of nitrogens with one attached hydrogen (secondary N) is 2. The van der Waals surface area contributed by atoms with Gasteiger partial charge < -0.3 is 14.8 Å². The lowest BCUT2D eigenvalue weighted by molar-refractivity contribution is 0.102. The smallest absolute Gasteiger partial charge is 0.265 e. The number of sulfonamides is 1. The molecule has 1 heterocycles. The highest BCUT2D eigenvalue weighted by molar-refractivity contribution is 9.10. The molecule has 0 aliphatic heterocycles. The Kier molecular flexibility index (Phi) is 6.58. The zero-order valence-corrected chi connectivity index (χ0v) is 18.5. The van der Waals surface area contributed by atoms with Gasteiger partial charge in [-0.05, 0) is 64.5 Å². The Morgan fingerprint density at radius 2 is 1.70 bits per heavy atom. The summed E-state index contributed by atoms with van der Waals surface area (Å²) in [5.74, 6) is 0.286. The third-order valence-electron chi connectivity index (χ3n) is 4.04.